The van der Waals surface area contributed by atoms with Gasteiger partial charge in [0.15, 0.2) is 0 Å². The van der Waals surface area contributed by atoms with Crippen molar-refractivity contribution in [1.82, 2.24) is 4.90 Å². The van der Waals surface area contributed by atoms with Crippen LogP contribution in [0.25, 0.3) is 0 Å². The molecule has 1 amide bonds. The molecule has 0 unspecified atom stereocenters. The minimum Gasteiger partial charge on any atom is -0.461 e. The van der Waals surface area contributed by atoms with Crippen molar-refractivity contribution in [2.75, 3.05) is 19.7 Å². The van der Waals surface area contributed by atoms with E-state index in [-0.39, 0.29) is 6.61 Å². The first-order valence-corrected chi connectivity index (χ1v) is 5.57. The first-order chi connectivity index (χ1) is 7.80. The van der Waals surface area contributed by atoms with Crippen LogP contribution in [0.15, 0.2) is 12.7 Å². The largest absolute Gasteiger partial charge is 0.461 e. The third kappa shape index (κ3) is 7.38. The van der Waals surface area contributed by atoms with Crippen molar-refractivity contribution in [3.63, 3.8) is 0 Å². The SMILES string of the molecule is C=CC(=O)OCCN(CC)C(=O)OC(C)(C)C. The van der Waals surface area contributed by atoms with Crippen LogP contribution in [0.5, 0.6) is 0 Å². The van der Waals surface area contributed by atoms with Gasteiger partial charge in [-0.05, 0) is 27.7 Å². The van der Waals surface area contributed by atoms with E-state index in [1.807, 2.05) is 6.92 Å². The molecule has 98 valence electrons. The maximum absolute atomic E-state index is 11.7. The van der Waals surface area contributed by atoms with Gasteiger partial charge in [-0.2, -0.15) is 0 Å². The second-order valence-electron chi connectivity index (χ2n) is 4.43. The van der Waals surface area contributed by atoms with Gasteiger partial charge in [-0.3, -0.25) is 0 Å². The molecule has 0 aliphatic carbocycles. The second-order valence-corrected chi connectivity index (χ2v) is 4.43. The summed E-state index contributed by atoms with van der Waals surface area (Å²) in [4.78, 5) is 24.0. The Labute approximate surface area is 102 Å². The molecule has 0 heterocycles. The number of esters is 1. The van der Waals surface area contributed by atoms with Crippen LogP contribution < -0.4 is 0 Å². The number of amides is 1. The Hall–Kier alpha value is -1.52. The summed E-state index contributed by atoms with van der Waals surface area (Å²) in [5, 5.41) is 0. The van der Waals surface area contributed by atoms with Gasteiger partial charge in [0.25, 0.3) is 0 Å². The molecule has 0 bridgehead atoms. The van der Waals surface area contributed by atoms with Gasteiger partial charge in [-0.25, -0.2) is 9.59 Å². The van der Waals surface area contributed by atoms with Crippen LogP contribution >= 0.6 is 0 Å². The fraction of sp³-hybridized carbons (Fsp3) is 0.667. The van der Waals surface area contributed by atoms with Gasteiger partial charge < -0.3 is 14.4 Å². The topological polar surface area (TPSA) is 55.8 Å². The average molecular weight is 243 g/mol. The number of rotatable bonds is 5. The molecule has 0 N–H and O–H groups in total. The summed E-state index contributed by atoms with van der Waals surface area (Å²) in [6, 6.07) is 0. The van der Waals surface area contributed by atoms with Gasteiger partial charge in [0.05, 0.1) is 6.54 Å². The summed E-state index contributed by atoms with van der Waals surface area (Å²) in [6.45, 7) is 11.5. The molecular weight excluding hydrogens is 222 g/mol. The fourth-order valence-corrected chi connectivity index (χ4v) is 1.02. The van der Waals surface area contributed by atoms with E-state index in [1.165, 1.54) is 4.90 Å². The monoisotopic (exact) mass is 243 g/mol. The molecule has 0 atom stereocenters. The van der Waals surface area contributed by atoms with Gasteiger partial charge in [0.2, 0.25) is 0 Å². The minimum atomic E-state index is -0.525. The van der Waals surface area contributed by atoms with E-state index < -0.39 is 17.7 Å². The lowest BCUT2D eigenvalue weighted by Gasteiger charge is -2.26. The highest BCUT2D eigenvalue weighted by atomic mass is 16.6. The maximum Gasteiger partial charge on any atom is 0.410 e. The molecule has 0 radical (unpaired) electrons. The Balaban J connectivity index is 4.11. The van der Waals surface area contributed by atoms with Gasteiger partial charge in [-0.1, -0.05) is 6.58 Å². The van der Waals surface area contributed by atoms with Crippen LogP contribution in [0.1, 0.15) is 27.7 Å². The molecule has 0 aromatic rings. The zero-order chi connectivity index (χ0) is 13.5. The number of carbonyl (C=O) groups excluding carboxylic acids is 2. The van der Waals surface area contributed by atoms with Gasteiger partial charge in [0.1, 0.15) is 12.2 Å². The van der Waals surface area contributed by atoms with E-state index in [9.17, 15) is 9.59 Å². The normalized spacial score (nSPS) is 10.6. The lowest BCUT2D eigenvalue weighted by Crippen LogP contribution is -2.38. The van der Waals surface area contributed by atoms with E-state index in [0.717, 1.165) is 6.08 Å². The molecular formula is C12H21NO4. The van der Waals surface area contributed by atoms with Gasteiger partial charge in [0, 0.05) is 12.6 Å². The first-order valence-electron chi connectivity index (χ1n) is 5.57. The molecule has 0 aromatic carbocycles. The van der Waals surface area contributed by atoms with Gasteiger partial charge in [-0.15, -0.1) is 0 Å². The van der Waals surface area contributed by atoms with Crippen molar-refractivity contribution in [1.29, 1.82) is 0 Å². The summed E-state index contributed by atoms with van der Waals surface area (Å²) in [6.07, 6.45) is 0.679. The minimum absolute atomic E-state index is 0.137. The molecule has 5 nitrogen and oxygen atoms in total. The number of hydrogen-bond acceptors (Lipinski definition) is 4. The number of likely N-dealkylation sites (N-methyl/N-ethyl adjacent to an activating group) is 1. The molecule has 0 aromatic heterocycles. The molecule has 0 aliphatic rings. The average Bonchev–Trinajstić information content (AvgIpc) is 2.21. The van der Waals surface area contributed by atoms with Crippen molar-refractivity contribution in [2.24, 2.45) is 0 Å². The summed E-state index contributed by atoms with van der Waals surface area (Å²) < 4.78 is 10.00. The predicted octanol–water partition coefficient (Wildman–Crippen LogP) is 1.97. The summed E-state index contributed by atoms with van der Waals surface area (Å²) in [5.41, 5.74) is -0.525. The van der Waals surface area contributed by atoms with Crippen molar-refractivity contribution in [3.05, 3.63) is 12.7 Å². The highest BCUT2D eigenvalue weighted by Crippen LogP contribution is 2.09. The van der Waals surface area contributed by atoms with Crippen LogP contribution in [-0.4, -0.2) is 42.3 Å². The molecule has 5 heteroatoms. The van der Waals surface area contributed by atoms with E-state index >= 15 is 0 Å². The van der Waals surface area contributed by atoms with E-state index in [2.05, 4.69) is 6.58 Å². The molecule has 0 aliphatic heterocycles. The third-order valence-corrected chi connectivity index (χ3v) is 1.81. The van der Waals surface area contributed by atoms with Crippen LogP contribution in [0.2, 0.25) is 0 Å². The zero-order valence-corrected chi connectivity index (χ0v) is 11.0. The highest BCUT2D eigenvalue weighted by molar-refractivity contribution is 5.81. The smallest absolute Gasteiger partial charge is 0.410 e. The van der Waals surface area contributed by atoms with Crippen molar-refractivity contribution >= 4 is 12.1 Å². The van der Waals surface area contributed by atoms with Crippen molar-refractivity contribution in [3.8, 4) is 0 Å². The van der Waals surface area contributed by atoms with Gasteiger partial charge >= 0.3 is 12.1 Å². The van der Waals surface area contributed by atoms with Crippen LogP contribution in [0, 0.1) is 0 Å². The Kier molecular flexibility index (Phi) is 6.31. The van der Waals surface area contributed by atoms with Crippen molar-refractivity contribution < 1.29 is 19.1 Å². The summed E-state index contributed by atoms with van der Waals surface area (Å²) in [5.74, 6) is -0.495. The molecule has 0 saturated carbocycles. The lowest BCUT2D eigenvalue weighted by molar-refractivity contribution is -0.138. The second kappa shape index (κ2) is 6.93. The Morgan fingerprint density at radius 3 is 2.35 bits per heavy atom. The Bertz CT molecular complexity index is 281. The first kappa shape index (κ1) is 15.5. The lowest BCUT2D eigenvalue weighted by atomic mass is 10.2. The predicted molar refractivity (Wildman–Crippen MR) is 64.6 cm³/mol. The number of nitrogens with zero attached hydrogens (tertiary/aromatic N) is 1. The standard InChI is InChI=1S/C12H21NO4/c1-6-10(14)16-9-8-13(7-2)11(15)17-12(3,4)5/h6H,1,7-9H2,2-5H3. The number of hydrogen-bond donors (Lipinski definition) is 0. The molecule has 0 rings (SSSR count). The Morgan fingerprint density at radius 2 is 1.94 bits per heavy atom. The zero-order valence-electron chi connectivity index (χ0n) is 11.0. The quantitative estimate of drug-likeness (QED) is 0.547. The molecule has 0 fully saturated rings. The molecule has 0 saturated heterocycles. The summed E-state index contributed by atoms with van der Waals surface area (Å²) >= 11 is 0. The van der Waals surface area contributed by atoms with E-state index in [0.29, 0.717) is 13.1 Å². The van der Waals surface area contributed by atoms with E-state index in [1.54, 1.807) is 20.8 Å². The third-order valence-electron chi connectivity index (χ3n) is 1.81. The number of ether oxygens (including phenoxy) is 2. The highest BCUT2D eigenvalue weighted by Gasteiger charge is 2.20. The summed E-state index contributed by atoms with van der Waals surface area (Å²) in [7, 11) is 0. The van der Waals surface area contributed by atoms with Crippen LogP contribution in [-0.2, 0) is 14.3 Å². The fourth-order valence-electron chi connectivity index (χ4n) is 1.02. The van der Waals surface area contributed by atoms with Crippen molar-refractivity contribution in [2.45, 2.75) is 33.3 Å². The molecule has 17 heavy (non-hydrogen) atoms. The van der Waals surface area contributed by atoms with Crippen LogP contribution in [0.3, 0.4) is 0 Å². The molecule has 0 spiro atoms. The van der Waals surface area contributed by atoms with Crippen LogP contribution in [0.4, 0.5) is 4.79 Å². The number of carbonyl (C=O) groups is 2. The maximum atomic E-state index is 11.7. The van der Waals surface area contributed by atoms with E-state index in [4.69, 9.17) is 9.47 Å². The Morgan fingerprint density at radius 1 is 1.35 bits per heavy atom.